The average Bonchev–Trinajstić information content (AvgIpc) is 2.79. The average molecular weight is 430 g/mol. The fraction of sp³-hybridized carbons (Fsp3) is 0.391. The molecule has 0 aliphatic carbocycles. The number of carbonyl (C=O) groups is 2. The van der Waals surface area contributed by atoms with Crippen molar-refractivity contribution in [1.82, 2.24) is 10.2 Å². The summed E-state index contributed by atoms with van der Waals surface area (Å²) in [4.78, 5) is 26.7. The molecule has 0 aromatic heterocycles. The molecule has 0 atom stereocenters. The first kappa shape index (κ1) is 21.2. The normalized spacial score (nSPS) is 16.4. The van der Waals surface area contributed by atoms with Crippen LogP contribution in [0.5, 0.6) is 5.75 Å². The molecule has 2 aliphatic rings. The van der Waals surface area contributed by atoms with Crippen molar-refractivity contribution in [3.63, 3.8) is 0 Å². The smallest absolute Gasteiger partial charge is 0.253 e. The van der Waals surface area contributed by atoms with E-state index in [4.69, 9.17) is 9.47 Å². The number of piperidine rings is 1. The predicted molar refractivity (Wildman–Crippen MR) is 108 cm³/mol. The summed E-state index contributed by atoms with van der Waals surface area (Å²) in [5.41, 5.74) is 1.82. The molecule has 1 saturated heterocycles. The summed E-state index contributed by atoms with van der Waals surface area (Å²) >= 11 is 0. The number of carbonyl (C=O) groups excluding carboxylic acids is 2. The Balaban J connectivity index is 1.26. The number of halogens is 2. The lowest BCUT2D eigenvalue weighted by atomic mass is 9.95. The molecule has 0 saturated carbocycles. The second-order valence-electron chi connectivity index (χ2n) is 7.78. The van der Waals surface area contributed by atoms with Crippen molar-refractivity contribution in [2.45, 2.75) is 25.9 Å². The first-order chi connectivity index (χ1) is 15.0. The number of ether oxygens (including phenoxy) is 2. The molecule has 2 aliphatic heterocycles. The van der Waals surface area contributed by atoms with E-state index in [0.29, 0.717) is 67.9 Å². The van der Waals surface area contributed by atoms with Gasteiger partial charge in [-0.3, -0.25) is 9.59 Å². The standard InChI is InChI=1S/C23H24F2N2O4/c24-19-3-1-16(2-4-19)23(29)27-9-6-15(7-10-27)22(28)26-8-5-17-11-20(25)12-18-13-30-14-31-21(17)18/h1-4,11-12,15H,5-10,13-14H2,(H,26,28). The fourth-order valence-electron chi connectivity index (χ4n) is 4.03. The van der Waals surface area contributed by atoms with Gasteiger partial charge in [-0.05, 0) is 61.2 Å². The molecule has 2 aromatic carbocycles. The predicted octanol–water partition coefficient (Wildman–Crippen LogP) is 3.04. The number of nitrogens with one attached hydrogen (secondary N) is 1. The Kier molecular flexibility index (Phi) is 6.46. The molecule has 0 radical (unpaired) electrons. The van der Waals surface area contributed by atoms with E-state index >= 15 is 0 Å². The minimum Gasteiger partial charge on any atom is -0.467 e. The summed E-state index contributed by atoms with van der Waals surface area (Å²) in [6.07, 6.45) is 1.58. The van der Waals surface area contributed by atoms with Crippen LogP contribution in [0.3, 0.4) is 0 Å². The molecule has 6 nitrogen and oxygen atoms in total. The van der Waals surface area contributed by atoms with Crippen molar-refractivity contribution in [1.29, 1.82) is 0 Å². The van der Waals surface area contributed by atoms with Crippen LogP contribution in [0.1, 0.15) is 34.3 Å². The Morgan fingerprint density at radius 1 is 1.06 bits per heavy atom. The second-order valence-corrected chi connectivity index (χ2v) is 7.78. The lowest BCUT2D eigenvalue weighted by Crippen LogP contribution is -2.43. The van der Waals surface area contributed by atoms with Crippen LogP contribution in [0.15, 0.2) is 36.4 Å². The van der Waals surface area contributed by atoms with E-state index in [1.165, 1.54) is 36.4 Å². The van der Waals surface area contributed by atoms with Crippen LogP contribution in [0.2, 0.25) is 0 Å². The zero-order valence-electron chi connectivity index (χ0n) is 17.0. The molecule has 164 valence electrons. The van der Waals surface area contributed by atoms with Crippen LogP contribution >= 0.6 is 0 Å². The summed E-state index contributed by atoms with van der Waals surface area (Å²) in [5, 5.41) is 2.92. The number of benzene rings is 2. The molecular formula is C23H24F2N2O4. The summed E-state index contributed by atoms with van der Waals surface area (Å²) in [7, 11) is 0. The van der Waals surface area contributed by atoms with Gasteiger partial charge in [0.25, 0.3) is 5.91 Å². The third-order valence-electron chi connectivity index (χ3n) is 5.69. The van der Waals surface area contributed by atoms with Gasteiger partial charge in [-0.25, -0.2) is 8.78 Å². The summed E-state index contributed by atoms with van der Waals surface area (Å²) in [6, 6.07) is 8.30. The molecule has 31 heavy (non-hydrogen) atoms. The van der Waals surface area contributed by atoms with E-state index in [-0.39, 0.29) is 36.2 Å². The van der Waals surface area contributed by atoms with Gasteiger partial charge in [0.2, 0.25) is 5.91 Å². The van der Waals surface area contributed by atoms with Crippen LogP contribution in [0.4, 0.5) is 8.78 Å². The van der Waals surface area contributed by atoms with Crippen LogP contribution in [-0.4, -0.2) is 43.1 Å². The Morgan fingerprint density at radius 2 is 1.81 bits per heavy atom. The molecule has 4 rings (SSSR count). The second kappa shape index (κ2) is 9.43. The molecule has 0 bridgehead atoms. The van der Waals surface area contributed by atoms with Crippen molar-refractivity contribution in [2.75, 3.05) is 26.4 Å². The number of fused-ring (bicyclic) bond motifs is 1. The van der Waals surface area contributed by atoms with E-state index in [9.17, 15) is 18.4 Å². The Hall–Kier alpha value is -3.00. The van der Waals surface area contributed by atoms with Gasteiger partial charge in [-0.2, -0.15) is 0 Å². The highest BCUT2D eigenvalue weighted by Crippen LogP contribution is 2.29. The maximum atomic E-state index is 13.8. The molecule has 0 unspecified atom stereocenters. The first-order valence-corrected chi connectivity index (χ1v) is 10.4. The third kappa shape index (κ3) is 5.02. The van der Waals surface area contributed by atoms with E-state index in [1.807, 2.05) is 0 Å². The molecule has 2 amide bonds. The van der Waals surface area contributed by atoms with Gasteiger partial charge in [-0.15, -0.1) is 0 Å². The van der Waals surface area contributed by atoms with Crippen molar-refractivity contribution in [3.05, 3.63) is 64.7 Å². The zero-order valence-corrected chi connectivity index (χ0v) is 17.0. The van der Waals surface area contributed by atoms with Crippen LogP contribution in [0, 0.1) is 17.6 Å². The topological polar surface area (TPSA) is 67.9 Å². The number of hydrogen-bond donors (Lipinski definition) is 1. The lowest BCUT2D eigenvalue weighted by Gasteiger charge is -2.31. The Morgan fingerprint density at radius 3 is 2.55 bits per heavy atom. The number of rotatable bonds is 5. The Bertz CT molecular complexity index is 957. The Labute approximate surface area is 179 Å². The van der Waals surface area contributed by atoms with Gasteiger partial charge in [0.15, 0.2) is 6.79 Å². The van der Waals surface area contributed by atoms with E-state index in [0.717, 1.165) is 0 Å². The molecule has 1 fully saturated rings. The SMILES string of the molecule is O=C(NCCc1cc(F)cc2c1OCOC2)C1CCN(C(=O)c2ccc(F)cc2)CC1. The van der Waals surface area contributed by atoms with Gasteiger partial charge in [0.1, 0.15) is 17.4 Å². The molecule has 1 N–H and O–H groups in total. The largest absolute Gasteiger partial charge is 0.467 e. The molecule has 2 heterocycles. The van der Waals surface area contributed by atoms with Crippen molar-refractivity contribution in [3.8, 4) is 5.75 Å². The lowest BCUT2D eigenvalue weighted by molar-refractivity contribution is -0.126. The minimum atomic E-state index is -0.384. The van der Waals surface area contributed by atoms with Crippen LogP contribution < -0.4 is 10.1 Å². The van der Waals surface area contributed by atoms with E-state index in [1.54, 1.807) is 4.90 Å². The van der Waals surface area contributed by atoms with Crippen LogP contribution in [-0.2, 0) is 22.6 Å². The molecule has 0 spiro atoms. The molecule has 8 heteroatoms. The summed E-state index contributed by atoms with van der Waals surface area (Å²) in [5.74, 6) is -0.502. The minimum absolute atomic E-state index is 0.0663. The fourth-order valence-corrected chi connectivity index (χ4v) is 4.03. The highest BCUT2D eigenvalue weighted by molar-refractivity contribution is 5.94. The molecule has 2 aromatic rings. The van der Waals surface area contributed by atoms with Gasteiger partial charge < -0.3 is 19.7 Å². The quantitative estimate of drug-likeness (QED) is 0.792. The van der Waals surface area contributed by atoms with Gasteiger partial charge in [0.05, 0.1) is 6.61 Å². The highest BCUT2D eigenvalue weighted by Gasteiger charge is 2.28. The zero-order chi connectivity index (χ0) is 21.8. The summed E-state index contributed by atoms with van der Waals surface area (Å²) in [6.45, 7) is 1.75. The maximum Gasteiger partial charge on any atom is 0.253 e. The van der Waals surface area contributed by atoms with E-state index < -0.39 is 0 Å². The van der Waals surface area contributed by atoms with E-state index in [2.05, 4.69) is 5.32 Å². The third-order valence-corrected chi connectivity index (χ3v) is 5.69. The van der Waals surface area contributed by atoms with Crippen LogP contribution in [0.25, 0.3) is 0 Å². The van der Waals surface area contributed by atoms with Crippen molar-refractivity contribution < 1.29 is 27.8 Å². The highest BCUT2D eigenvalue weighted by atomic mass is 19.1. The maximum absolute atomic E-state index is 13.8. The molecular weight excluding hydrogens is 406 g/mol. The number of hydrogen-bond acceptors (Lipinski definition) is 4. The number of amides is 2. The summed E-state index contributed by atoms with van der Waals surface area (Å²) < 4.78 is 37.6. The van der Waals surface area contributed by atoms with Crippen molar-refractivity contribution >= 4 is 11.8 Å². The van der Waals surface area contributed by atoms with Gasteiger partial charge in [-0.1, -0.05) is 0 Å². The first-order valence-electron chi connectivity index (χ1n) is 10.4. The number of likely N-dealkylation sites (tertiary alicyclic amines) is 1. The van der Waals surface area contributed by atoms with Gasteiger partial charge >= 0.3 is 0 Å². The van der Waals surface area contributed by atoms with Crippen molar-refractivity contribution in [2.24, 2.45) is 5.92 Å². The monoisotopic (exact) mass is 430 g/mol. The number of nitrogens with zero attached hydrogens (tertiary/aromatic N) is 1. The van der Waals surface area contributed by atoms with Gasteiger partial charge in [0, 0.05) is 36.7 Å².